The largest absolute Gasteiger partial charge is 0.454 e. The maximum absolute atomic E-state index is 12.7. The summed E-state index contributed by atoms with van der Waals surface area (Å²) in [4.78, 5) is 29.9. The molecule has 2 aliphatic heterocycles. The highest BCUT2D eigenvalue weighted by Gasteiger charge is 2.23. The second-order valence-electron chi connectivity index (χ2n) is 10.4. The molecule has 0 atom stereocenters. The van der Waals surface area contributed by atoms with Crippen molar-refractivity contribution in [3.8, 4) is 11.1 Å². The predicted molar refractivity (Wildman–Crippen MR) is 153 cm³/mol. The van der Waals surface area contributed by atoms with Crippen molar-refractivity contribution < 1.29 is 23.5 Å². The average molecular weight is 547 g/mol. The fourth-order valence-corrected chi connectivity index (χ4v) is 5.24. The number of benzene rings is 2. The Hall–Kier alpha value is -3.66. The third-order valence-corrected chi connectivity index (χ3v) is 7.43. The summed E-state index contributed by atoms with van der Waals surface area (Å²) in [5, 5.41) is 5.91. The molecule has 3 heterocycles. The van der Waals surface area contributed by atoms with Crippen LogP contribution in [0, 0.1) is 6.92 Å². The smallest absolute Gasteiger partial charge is 0.411 e. The minimum absolute atomic E-state index is 0.134. The van der Waals surface area contributed by atoms with E-state index in [4.69, 9.17) is 13.9 Å². The van der Waals surface area contributed by atoms with Crippen molar-refractivity contribution in [1.29, 1.82) is 0 Å². The first-order valence-electron chi connectivity index (χ1n) is 14.1. The molecule has 0 spiro atoms. The van der Waals surface area contributed by atoms with Gasteiger partial charge in [-0.3, -0.25) is 15.0 Å². The number of hydrogen-bond donors (Lipinski definition) is 2. The summed E-state index contributed by atoms with van der Waals surface area (Å²) in [7, 11) is 0. The van der Waals surface area contributed by atoms with Crippen LogP contribution in [0.25, 0.3) is 11.1 Å². The molecule has 9 nitrogen and oxygen atoms in total. The number of rotatable bonds is 9. The fraction of sp³-hybridized carbons (Fsp3) is 0.419. The van der Waals surface area contributed by atoms with Gasteiger partial charge in [0.05, 0.1) is 25.4 Å². The molecule has 0 radical (unpaired) electrons. The molecule has 2 N–H and O–H groups in total. The predicted octanol–water partition coefficient (Wildman–Crippen LogP) is 4.53. The number of furan rings is 1. The molecule has 2 aliphatic rings. The molecular weight excluding hydrogens is 508 g/mol. The molecule has 2 aromatic carbocycles. The van der Waals surface area contributed by atoms with Crippen LogP contribution < -0.4 is 10.6 Å². The van der Waals surface area contributed by atoms with Gasteiger partial charge in [0.2, 0.25) is 0 Å². The van der Waals surface area contributed by atoms with Crippen LogP contribution >= 0.6 is 0 Å². The summed E-state index contributed by atoms with van der Waals surface area (Å²) < 4.78 is 17.0. The number of anilines is 1. The van der Waals surface area contributed by atoms with Gasteiger partial charge < -0.3 is 24.1 Å². The summed E-state index contributed by atoms with van der Waals surface area (Å²) in [5.74, 6) is 1.01. The quantitative estimate of drug-likeness (QED) is 0.407. The summed E-state index contributed by atoms with van der Waals surface area (Å²) in [6.45, 7) is 8.66. The Morgan fingerprint density at radius 1 is 0.950 bits per heavy atom. The number of hydrogen-bond acceptors (Lipinski definition) is 7. The lowest BCUT2D eigenvalue weighted by atomic mass is 10.0. The van der Waals surface area contributed by atoms with Crippen LogP contribution in [-0.2, 0) is 16.0 Å². The monoisotopic (exact) mass is 546 g/mol. The van der Waals surface area contributed by atoms with Crippen molar-refractivity contribution in [2.75, 3.05) is 57.8 Å². The van der Waals surface area contributed by atoms with E-state index < -0.39 is 6.09 Å². The molecule has 40 heavy (non-hydrogen) atoms. The Morgan fingerprint density at radius 2 is 1.68 bits per heavy atom. The van der Waals surface area contributed by atoms with Crippen LogP contribution in [0.1, 0.15) is 34.7 Å². The van der Waals surface area contributed by atoms with Gasteiger partial charge in [-0.15, -0.1) is 0 Å². The van der Waals surface area contributed by atoms with Crippen molar-refractivity contribution in [3.63, 3.8) is 0 Å². The molecule has 0 unspecified atom stereocenters. The summed E-state index contributed by atoms with van der Waals surface area (Å²) >= 11 is 0. The molecule has 0 aliphatic carbocycles. The lowest BCUT2D eigenvalue weighted by Crippen LogP contribution is -2.42. The summed E-state index contributed by atoms with van der Waals surface area (Å²) in [5.41, 5.74) is 3.57. The molecule has 3 aromatic rings. The molecule has 2 amide bonds. The van der Waals surface area contributed by atoms with Crippen molar-refractivity contribution in [3.05, 3.63) is 77.7 Å². The lowest BCUT2D eigenvalue weighted by Gasteiger charge is -2.31. The van der Waals surface area contributed by atoms with Crippen molar-refractivity contribution >= 4 is 17.7 Å². The molecular formula is C31H38N4O5. The Labute approximate surface area is 235 Å². The van der Waals surface area contributed by atoms with Gasteiger partial charge in [-0.25, -0.2) is 4.79 Å². The normalized spacial score (nSPS) is 16.9. The van der Waals surface area contributed by atoms with E-state index in [0.29, 0.717) is 18.8 Å². The van der Waals surface area contributed by atoms with Crippen molar-refractivity contribution in [1.82, 2.24) is 15.1 Å². The van der Waals surface area contributed by atoms with Crippen LogP contribution in [0.4, 0.5) is 10.5 Å². The van der Waals surface area contributed by atoms with Gasteiger partial charge in [0.25, 0.3) is 5.91 Å². The SMILES string of the molecule is Cc1cc(CN2CCOCC2)oc1C(=O)NCCN1CCC(OC(=O)Nc2ccccc2-c2ccccc2)CC1. The van der Waals surface area contributed by atoms with E-state index in [1.165, 1.54) is 0 Å². The van der Waals surface area contributed by atoms with Gasteiger partial charge in [0, 0.05) is 50.4 Å². The van der Waals surface area contributed by atoms with E-state index in [9.17, 15) is 9.59 Å². The maximum atomic E-state index is 12.7. The minimum atomic E-state index is -0.434. The Morgan fingerprint density at radius 3 is 2.45 bits per heavy atom. The Bertz CT molecular complexity index is 1260. The van der Waals surface area contributed by atoms with E-state index >= 15 is 0 Å². The van der Waals surface area contributed by atoms with Crippen LogP contribution in [0.5, 0.6) is 0 Å². The Kier molecular flexibility index (Phi) is 9.49. The molecule has 1 aromatic heterocycles. The molecule has 0 saturated carbocycles. The third kappa shape index (κ3) is 7.50. The summed E-state index contributed by atoms with van der Waals surface area (Å²) in [6, 6.07) is 19.6. The number of nitrogens with zero attached hydrogens (tertiary/aromatic N) is 2. The number of carbonyl (C=O) groups excluding carboxylic acids is 2. The number of nitrogens with one attached hydrogen (secondary N) is 2. The molecule has 5 rings (SSSR count). The maximum Gasteiger partial charge on any atom is 0.411 e. The van der Waals surface area contributed by atoms with E-state index in [1.54, 1.807) is 0 Å². The molecule has 9 heteroatoms. The molecule has 212 valence electrons. The second-order valence-corrected chi connectivity index (χ2v) is 10.4. The average Bonchev–Trinajstić information content (AvgIpc) is 3.35. The van der Waals surface area contributed by atoms with Gasteiger partial charge in [0.15, 0.2) is 5.76 Å². The minimum Gasteiger partial charge on any atom is -0.454 e. The zero-order valence-corrected chi connectivity index (χ0v) is 23.1. The van der Waals surface area contributed by atoms with Crippen LogP contribution in [0.15, 0.2) is 65.1 Å². The number of ether oxygens (including phenoxy) is 2. The topological polar surface area (TPSA) is 96.3 Å². The molecule has 2 fully saturated rings. The number of carbonyl (C=O) groups is 2. The van der Waals surface area contributed by atoms with Crippen LogP contribution in [0.3, 0.4) is 0 Å². The zero-order chi connectivity index (χ0) is 27.7. The summed E-state index contributed by atoms with van der Waals surface area (Å²) in [6.07, 6.45) is 0.939. The van der Waals surface area contributed by atoms with Gasteiger partial charge in [-0.2, -0.15) is 0 Å². The van der Waals surface area contributed by atoms with Crippen LogP contribution in [0.2, 0.25) is 0 Å². The molecule has 2 saturated heterocycles. The van der Waals surface area contributed by atoms with Crippen molar-refractivity contribution in [2.45, 2.75) is 32.4 Å². The first kappa shape index (κ1) is 27.9. The van der Waals surface area contributed by atoms with E-state index in [1.807, 2.05) is 67.6 Å². The standard InChI is InChI=1S/C31H38N4O5/c1-23-21-26(22-35-17-19-38-20-18-35)39-29(23)30(36)32-13-16-34-14-11-25(12-15-34)40-31(37)33-28-10-6-5-9-27(28)24-7-3-2-4-8-24/h2-10,21,25H,11-20,22H2,1H3,(H,32,36)(H,33,37). The zero-order valence-electron chi connectivity index (χ0n) is 23.1. The highest BCUT2D eigenvalue weighted by molar-refractivity contribution is 5.93. The molecule has 0 bridgehead atoms. The first-order valence-corrected chi connectivity index (χ1v) is 14.1. The van der Waals surface area contributed by atoms with Gasteiger partial charge >= 0.3 is 6.09 Å². The lowest BCUT2D eigenvalue weighted by molar-refractivity contribution is 0.0311. The first-order chi connectivity index (χ1) is 19.5. The second kappa shape index (κ2) is 13.6. The van der Waals surface area contributed by atoms with E-state index in [2.05, 4.69) is 20.4 Å². The van der Waals surface area contributed by atoms with Gasteiger partial charge in [0.1, 0.15) is 11.9 Å². The third-order valence-electron chi connectivity index (χ3n) is 7.43. The number of piperidine rings is 1. The fourth-order valence-electron chi connectivity index (χ4n) is 5.24. The number of amides is 2. The van der Waals surface area contributed by atoms with Gasteiger partial charge in [-0.1, -0.05) is 48.5 Å². The van der Waals surface area contributed by atoms with Gasteiger partial charge in [-0.05, 0) is 37.5 Å². The van der Waals surface area contributed by atoms with Crippen molar-refractivity contribution in [2.24, 2.45) is 0 Å². The van der Waals surface area contributed by atoms with Crippen LogP contribution in [-0.4, -0.2) is 80.4 Å². The number of morpholine rings is 1. The number of para-hydroxylation sites is 1. The van der Waals surface area contributed by atoms with E-state index in [0.717, 1.165) is 86.9 Å². The van der Waals surface area contributed by atoms with E-state index in [-0.39, 0.29) is 12.0 Å². The highest BCUT2D eigenvalue weighted by Crippen LogP contribution is 2.28. The highest BCUT2D eigenvalue weighted by atomic mass is 16.6. The number of aryl methyl sites for hydroxylation is 1. The Balaban J connectivity index is 1.02. The number of likely N-dealkylation sites (tertiary alicyclic amines) is 1.